The second-order valence-electron chi connectivity index (χ2n) is 2.36. The number of aromatic nitrogens is 1. The van der Waals surface area contributed by atoms with Gasteiger partial charge >= 0.3 is 5.88 Å². The van der Waals surface area contributed by atoms with E-state index in [-0.39, 0.29) is 18.3 Å². The van der Waals surface area contributed by atoms with Gasteiger partial charge in [-0.25, -0.2) is 0 Å². The fraction of sp³-hybridized carbons (Fsp3) is 0.250. The van der Waals surface area contributed by atoms with Crippen molar-refractivity contribution in [1.29, 1.82) is 0 Å². The lowest BCUT2D eigenvalue weighted by Gasteiger charge is -2.02. The van der Waals surface area contributed by atoms with E-state index in [1.54, 1.807) is 12.1 Å². The fourth-order valence-corrected chi connectivity index (χ4v) is 0.700. The Morgan fingerprint density at radius 1 is 1.67 bits per heavy atom. The van der Waals surface area contributed by atoms with Gasteiger partial charge in [-0.15, -0.1) is 4.73 Å². The minimum absolute atomic E-state index is 0.0632. The molecule has 0 spiro atoms. The minimum Gasteiger partial charge on any atom is -0.616 e. The maximum Gasteiger partial charge on any atom is 0.379 e. The Hall–Kier alpha value is -1.58. The molecule has 12 heavy (non-hydrogen) atoms. The number of ketones is 1. The average molecular weight is 167 g/mol. The second kappa shape index (κ2) is 3.71. The Labute approximate surface area is 70.0 Å². The van der Waals surface area contributed by atoms with Crippen molar-refractivity contribution in [1.82, 2.24) is 0 Å². The molecular formula is C8H9NO3. The van der Waals surface area contributed by atoms with Crippen molar-refractivity contribution in [3.05, 3.63) is 29.6 Å². The Morgan fingerprint density at radius 3 is 3.00 bits per heavy atom. The van der Waals surface area contributed by atoms with Crippen LogP contribution in [0.2, 0.25) is 0 Å². The predicted octanol–water partition coefficient (Wildman–Crippen LogP) is 0.288. The average Bonchev–Trinajstić information content (AvgIpc) is 2.03. The maximum absolute atomic E-state index is 10.9. The van der Waals surface area contributed by atoms with E-state index in [1.165, 1.54) is 19.2 Å². The van der Waals surface area contributed by atoms with Crippen LogP contribution in [-0.4, -0.2) is 12.4 Å². The molecule has 0 atom stereocenters. The highest BCUT2D eigenvalue weighted by Crippen LogP contribution is 1.99. The molecule has 0 bridgehead atoms. The molecule has 4 heteroatoms. The molecule has 0 aliphatic carbocycles. The number of hydrogen-bond donors (Lipinski definition) is 0. The van der Waals surface area contributed by atoms with Gasteiger partial charge in [0.1, 0.15) is 0 Å². The lowest BCUT2D eigenvalue weighted by Crippen LogP contribution is -2.29. The van der Waals surface area contributed by atoms with E-state index in [4.69, 9.17) is 4.74 Å². The Morgan fingerprint density at radius 2 is 2.42 bits per heavy atom. The van der Waals surface area contributed by atoms with Gasteiger partial charge in [0.2, 0.25) is 0 Å². The number of ether oxygens (including phenoxy) is 1. The van der Waals surface area contributed by atoms with Crippen LogP contribution in [0, 0.1) is 5.21 Å². The summed E-state index contributed by atoms with van der Waals surface area (Å²) in [6.07, 6.45) is 1.31. The molecule has 0 unspecified atom stereocenters. The van der Waals surface area contributed by atoms with Crippen LogP contribution in [0.15, 0.2) is 24.4 Å². The molecule has 0 radical (unpaired) electrons. The van der Waals surface area contributed by atoms with E-state index in [0.29, 0.717) is 4.73 Å². The number of carbonyl (C=O) groups is 1. The lowest BCUT2D eigenvalue weighted by molar-refractivity contribution is -0.612. The third-order valence-corrected chi connectivity index (χ3v) is 1.21. The van der Waals surface area contributed by atoms with E-state index in [1.807, 2.05) is 0 Å². The number of pyridine rings is 1. The molecule has 0 N–H and O–H groups in total. The summed E-state index contributed by atoms with van der Waals surface area (Å²) in [5, 5.41) is 10.9. The summed E-state index contributed by atoms with van der Waals surface area (Å²) < 4.78 is 5.47. The number of nitrogens with zero attached hydrogens (tertiary/aromatic N) is 1. The molecule has 0 aliphatic heterocycles. The largest absolute Gasteiger partial charge is 0.616 e. The van der Waals surface area contributed by atoms with E-state index in [9.17, 15) is 10.0 Å². The normalized spacial score (nSPS) is 9.42. The first-order valence-corrected chi connectivity index (χ1v) is 3.50. The fourth-order valence-electron chi connectivity index (χ4n) is 0.700. The molecule has 0 aromatic carbocycles. The molecule has 1 aromatic rings. The molecule has 0 saturated carbocycles. The first-order chi connectivity index (χ1) is 5.70. The number of carbonyl (C=O) groups excluding carboxylic acids is 1. The molecule has 4 nitrogen and oxygen atoms in total. The van der Waals surface area contributed by atoms with Crippen molar-refractivity contribution >= 4 is 5.78 Å². The number of Topliss-reactive ketones (excluding diaryl/α,β-unsaturated/α-hetero) is 1. The standard InChI is InChI=1S/C8H9NO3/c1-7(10)6-12-8-4-2-3-5-9(8)11/h2-5H,6H2,1H3. The van der Waals surface area contributed by atoms with Gasteiger partial charge in [0.05, 0.1) is 6.07 Å². The summed E-state index contributed by atoms with van der Waals surface area (Å²) in [5.74, 6) is 0.0338. The summed E-state index contributed by atoms with van der Waals surface area (Å²) in [5.41, 5.74) is 0. The van der Waals surface area contributed by atoms with Crippen LogP contribution in [0.5, 0.6) is 5.88 Å². The lowest BCUT2D eigenvalue weighted by atomic mass is 10.5. The van der Waals surface area contributed by atoms with Gasteiger partial charge in [-0.2, -0.15) is 0 Å². The smallest absolute Gasteiger partial charge is 0.379 e. The van der Waals surface area contributed by atoms with Crippen molar-refractivity contribution in [3.8, 4) is 5.88 Å². The van der Waals surface area contributed by atoms with Crippen LogP contribution in [-0.2, 0) is 4.79 Å². The van der Waals surface area contributed by atoms with Crippen molar-refractivity contribution in [2.24, 2.45) is 0 Å². The van der Waals surface area contributed by atoms with Crippen molar-refractivity contribution in [2.75, 3.05) is 6.61 Å². The summed E-state index contributed by atoms with van der Waals surface area (Å²) in [4.78, 5) is 10.5. The molecule has 0 amide bonds. The van der Waals surface area contributed by atoms with Crippen LogP contribution >= 0.6 is 0 Å². The van der Waals surface area contributed by atoms with E-state index >= 15 is 0 Å². The van der Waals surface area contributed by atoms with E-state index in [0.717, 1.165) is 0 Å². The van der Waals surface area contributed by atoms with Crippen LogP contribution in [0.25, 0.3) is 0 Å². The van der Waals surface area contributed by atoms with Crippen LogP contribution in [0.3, 0.4) is 0 Å². The molecule has 1 aromatic heterocycles. The Bertz CT molecular complexity index is 285. The molecule has 0 saturated heterocycles. The summed E-state index contributed by atoms with van der Waals surface area (Å²) >= 11 is 0. The molecule has 1 heterocycles. The highest BCUT2D eigenvalue weighted by Gasteiger charge is 2.04. The molecule has 0 fully saturated rings. The first kappa shape index (κ1) is 8.52. The maximum atomic E-state index is 10.9. The zero-order chi connectivity index (χ0) is 8.97. The summed E-state index contributed by atoms with van der Waals surface area (Å²) in [7, 11) is 0. The Balaban J connectivity index is 2.63. The molecule has 0 aliphatic rings. The number of hydrogen-bond acceptors (Lipinski definition) is 3. The highest BCUT2D eigenvalue weighted by atomic mass is 16.6. The van der Waals surface area contributed by atoms with E-state index in [2.05, 4.69) is 0 Å². The van der Waals surface area contributed by atoms with Gasteiger partial charge in [-0.05, 0) is 13.0 Å². The highest BCUT2D eigenvalue weighted by molar-refractivity contribution is 5.76. The van der Waals surface area contributed by atoms with Gasteiger partial charge in [0.15, 0.2) is 18.6 Å². The van der Waals surface area contributed by atoms with Crippen LogP contribution in [0.4, 0.5) is 0 Å². The van der Waals surface area contributed by atoms with Crippen LogP contribution in [0.1, 0.15) is 6.92 Å². The summed E-state index contributed by atoms with van der Waals surface area (Å²) in [6, 6.07) is 4.77. The van der Waals surface area contributed by atoms with E-state index < -0.39 is 0 Å². The first-order valence-electron chi connectivity index (χ1n) is 3.50. The predicted molar refractivity (Wildman–Crippen MR) is 41.6 cm³/mol. The number of rotatable bonds is 3. The summed E-state index contributed by atoms with van der Waals surface area (Å²) in [6.45, 7) is 1.34. The van der Waals surface area contributed by atoms with Crippen molar-refractivity contribution in [2.45, 2.75) is 6.92 Å². The second-order valence-corrected chi connectivity index (χ2v) is 2.36. The van der Waals surface area contributed by atoms with Gasteiger partial charge in [0.25, 0.3) is 0 Å². The molecular weight excluding hydrogens is 158 g/mol. The van der Waals surface area contributed by atoms with Crippen LogP contribution < -0.4 is 9.47 Å². The monoisotopic (exact) mass is 167 g/mol. The SMILES string of the molecule is CC(=O)COc1cccc[n+]1[O-]. The Kier molecular flexibility index (Phi) is 2.63. The quantitative estimate of drug-likeness (QED) is 0.480. The molecule has 64 valence electrons. The zero-order valence-corrected chi connectivity index (χ0v) is 6.69. The van der Waals surface area contributed by atoms with Gasteiger partial charge < -0.3 is 9.94 Å². The zero-order valence-electron chi connectivity index (χ0n) is 6.69. The minimum atomic E-state index is -0.112. The van der Waals surface area contributed by atoms with Crippen molar-refractivity contribution < 1.29 is 14.3 Å². The third kappa shape index (κ3) is 2.23. The van der Waals surface area contributed by atoms with Gasteiger partial charge in [0, 0.05) is 6.07 Å². The topological polar surface area (TPSA) is 53.2 Å². The van der Waals surface area contributed by atoms with Gasteiger partial charge in [-0.1, -0.05) is 0 Å². The van der Waals surface area contributed by atoms with Gasteiger partial charge in [-0.3, -0.25) is 4.79 Å². The third-order valence-electron chi connectivity index (χ3n) is 1.21. The molecule has 1 rings (SSSR count). The van der Waals surface area contributed by atoms with Crippen molar-refractivity contribution in [3.63, 3.8) is 0 Å².